The van der Waals surface area contributed by atoms with Gasteiger partial charge in [0.2, 0.25) is 0 Å². The summed E-state index contributed by atoms with van der Waals surface area (Å²) >= 11 is 0. The maximum Gasteiger partial charge on any atom is 0.0418 e. The molecule has 0 spiro atoms. The number of aromatic nitrogens is 1. The molecule has 0 saturated carbocycles. The number of rotatable bonds is 0. The lowest BCUT2D eigenvalue weighted by Crippen LogP contribution is -1.82. The van der Waals surface area contributed by atoms with Gasteiger partial charge in [-0.25, -0.2) is 0 Å². The Morgan fingerprint density at radius 2 is 2.00 bits per heavy atom. The molecule has 1 aromatic heterocycles. The van der Waals surface area contributed by atoms with Crippen molar-refractivity contribution in [2.24, 2.45) is 0 Å². The fourth-order valence-electron chi connectivity index (χ4n) is 1.41. The molecule has 1 heteroatoms. The average Bonchev–Trinajstić information content (AvgIpc) is 2.44. The predicted molar refractivity (Wildman–Crippen MR) is 58.8 cm³/mol. The lowest BCUT2D eigenvalue weighted by atomic mass is 10.1. The molecule has 0 fully saturated rings. The van der Waals surface area contributed by atoms with Crippen molar-refractivity contribution in [2.75, 3.05) is 0 Å². The molecule has 0 atom stereocenters. The minimum absolute atomic E-state index is 1.05. The Bertz CT molecular complexity index is 316. The van der Waals surface area contributed by atoms with Crippen LogP contribution in [0.25, 0.3) is 6.08 Å². The van der Waals surface area contributed by atoms with E-state index >= 15 is 0 Å². The number of allylic oxidation sites excluding steroid dienone is 3. The van der Waals surface area contributed by atoms with Crippen LogP contribution in [0.15, 0.2) is 24.4 Å². The molecule has 0 radical (unpaired) electrons. The van der Waals surface area contributed by atoms with Crippen LogP contribution in [0.3, 0.4) is 0 Å². The fourth-order valence-corrected chi connectivity index (χ4v) is 1.41. The van der Waals surface area contributed by atoms with Gasteiger partial charge in [0.1, 0.15) is 0 Å². The Morgan fingerprint density at radius 3 is 2.77 bits per heavy atom. The second-order valence-corrected chi connectivity index (χ2v) is 2.86. The van der Waals surface area contributed by atoms with Crippen LogP contribution in [0, 0.1) is 6.92 Å². The molecule has 0 aliphatic heterocycles. The lowest BCUT2D eigenvalue weighted by molar-refractivity contribution is 1.23. The van der Waals surface area contributed by atoms with Crippen LogP contribution in [0.4, 0.5) is 0 Å². The normalized spacial score (nSPS) is 12.8. The van der Waals surface area contributed by atoms with Crippen LogP contribution < -0.4 is 0 Å². The monoisotopic (exact) mass is 175 g/mol. The molecule has 1 aliphatic carbocycles. The average molecular weight is 175 g/mol. The summed E-state index contributed by atoms with van der Waals surface area (Å²) in [4.78, 5) is 3.24. The highest BCUT2D eigenvalue weighted by Crippen LogP contribution is 2.17. The van der Waals surface area contributed by atoms with Gasteiger partial charge in [0, 0.05) is 11.9 Å². The molecular weight excluding hydrogens is 158 g/mol. The first-order chi connectivity index (χ1) is 6.38. The molecule has 0 amide bonds. The molecule has 1 aromatic rings. The quantitative estimate of drug-likeness (QED) is 0.621. The number of aryl methyl sites for hydroxylation is 1. The van der Waals surface area contributed by atoms with E-state index in [4.69, 9.17) is 0 Å². The second kappa shape index (κ2) is 4.70. The zero-order valence-corrected chi connectivity index (χ0v) is 8.59. The summed E-state index contributed by atoms with van der Waals surface area (Å²) in [5.41, 5.74) is 4.04. The topological polar surface area (TPSA) is 15.8 Å². The number of aromatic amines is 1. The van der Waals surface area contributed by atoms with Crippen LogP contribution in [0.1, 0.15) is 30.7 Å². The third-order valence-corrected chi connectivity index (χ3v) is 2.08. The molecule has 0 saturated heterocycles. The van der Waals surface area contributed by atoms with Crippen LogP contribution >= 0.6 is 0 Å². The number of H-pyrrole nitrogens is 1. The van der Waals surface area contributed by atoms with Gasteiger partial charge in [0.25, 0.3) is 0 Å². The molecule has 70 valence electrons. The molecule has 1 aliphatic rings. The van der Waals surface area contributed by atoms with Gasteiger partial charge in [-0.2, -0.15) is 0 Å². The Kier molecular flexibility index (Phi) is 3.56. The van der Waals surface area contributed by atoms with Crippen molar-refractivity contribution >= 4 is 6.08 Å². The van der Waals surface area contributed by atoms with Gasteiger partial charge in [0.05, 0.1) is 0 Å². The van der Waals surface area contributed by atoms with Crippen molar-refractivity contribution in [3.8, 4) is 0 Å². The predicted octanol–water partition coefficient (Wildman–Crippen LogP) is 3.47. The van der Waals surface area contributed by atoms with E-state index in [1.54, 1.807) is 0 Å². The molecule has 1 heterocycles. The van der Waals surface area contributed by atoms with Crippen molar-refractivity contribution in [3.63, 3.8) is 0 Å². The summed E-state index contributed by atoms with van der Waals surface area (Å²) in [5, 5.41) is 0. The number of hydrogen-bond acceptors (Lipinski definition) is 0. The van der Waals surface area contributed by atoms with Crippen LogP contribution in [0.5, 0.6) is 0 Å². The Labute approximate surface area is 80.2 Å². The molecule has 0 bridgehead atoms. The third-order valence-electron chi connectivity index (χ3n) is 2.08. The number of hydrogen-bond donors (Lipinski definition) is 1. The number of fused-ring (bicyclic) bond motifs is 1. The van der Waals surface area contributed by atoms with Gasteiger partial charge in [-0.05, 0) is 30.5 Å². The summed E-state index contributed by atoms with van der Waals surface area (Å²) < 4.78 is 0. The zero-order valence-electron chi connectivity index (χ0n) is 8.59. The van der Waals surface area contributed by atoms with E-state index < -0.39 is 0 Å². The summed E-state index contributed by atoms with van der Waals surface area (Å²) in [7, 11) is 0. The van der Waals surface area contributed by atoms with E-state index in [0.717, 1.165) is 6.42 Å². The minimum Gasteiger partial charge on any atom is -0.361 e. The summed E-state index contributed by atoms with van der Waals surface area (Å²) in [5.74, 6) is 0. The van der Waals surface area contributed by atoms with Crippen molar-refractivity contribution in [1.82, 2.24) is 4.98 Å². The smallest absolute Gasteiger partial charge is 0.0418 e. The highest BCUT2D eigenvalue weighted by atomic mass is 14.7. The summed E-state index contributed by atoms with van der Waals surface area (Å²) in [6, 6.07) is 0. The Balaban J connectivity index is 0.000000396. The van der Waals surface area contributed by atoms with Crippen molar-refractivity contribution in [1.29, 1.82) is 0 Å². The molecular formula is C12H17N. The van der Waals surface area contributed by atoms with E-state index in [9.17, 15) is 0 Å². The standard InChI is InChI=1S/C10H11N.C2H6/c1-8-7-11-10-6-4-2-3-5-9(8)10;1-2/h2-4,6-7,11H,5H2,1H3;1-2H3. The second-order valence-electron chi connectivity index (χ2n) is 2.86. The molecule has 1 nitrogen and oxygen atoms in total. The van der Waals surface area contributed by atoms with E-state index in [1.807, 2.05) is 13.8 Å². The van der Waals surface area contributed by atoms with Gasteiger partial charge >= 0.3 is 0 Å². The summed E-state index contributed by atoms with van der Waals surface area (Å²) in [6.45, 7) is 6.14. The molecule has 0 unspecified atom stereocenters. The van der Waals surface area contributed by atoms with Crippen molar-refractivity contribution in [3.05, 3.63) is 41.2 Å². The van der Waals surface area contributed by atoms with E-state index in [2.05, 4.69) is 42.4 Å². The maximum atomic E-state index is 3.24. The SMILES string of the molecule is CC.Cc1c[nH]c2c1CC=CC=C2. The molecule has 2 rings (SSSR count). The molecule has 13 heavy (non-hydrogen) atoms. The molecule has 1 N–H and O–H groups in total. The number of nitrogens with one attached hydrogen (secondary N) is 1. The van der Waals surface area contributed by atoms with Gasteiger partial charge in [-0.3, -0.25) is 0 Å². The fraction of sp³-hybridized carbons (Fsp3) is 0.333. The van der Waals surface area contributed by atoms with E-state index in [1.165, 1.54) is 16.8 Å². The van der Waals surface area contributed by atoms with Gasteiger partial charge in [-0.1, -0.05) is 32.1 Å². The van der Waals surface area contributed by atoms with E-state index in [0.29, 0.717) is 0 Å². The minimum atomic E-state index is 1.05. The summed E-state index contributed by atoms with van der Waals surface area (Å²) in [6.07, 6.45) is 11.6. The van der Waals surface area contributed by atoms with Crippen LogP contribution in [-0.2, 0) is 6.42 Å². The van der Waals surface area contributed by atoms with Crippen molar-refractivity contribution in [2.45, 2.75) is 27.2 Å². The third kappa shape index (κ3) is 2.11. The van der Waals surface area contributed by atoms with Gasteiger partial charge < -0.3 is 4.98 Å². The Hall–Kier alpha value is -1.24. The van der Waals surface area contributed by atoms with Crippen LogP contribution in [-0.4, -0.2) is 4.98 Å². The maximum absolute atomic E-state index is 3.24. The van der Waals surface area contributed by atoms with Gasteiger partial charge in [0.15, 0.2) is 0 Å². The zero-order chi connectivity index (χ0) is 9.68. The van der Waals surface area contributed by atoms with Gasteiger partial charge in [-0.15, -0.1) is 0 Å². The van der Waals surface area contributed by atoms with E-state index in [-0.39, 0.29) is 0 Å². The highest BCUT2D eigenvalue weighted by molar-refractivity contribution is 5.56. The highest BCUT2D eigenvalue weighted by Gasteiger charge is 2.04. The largest absolute Gasteiger partial charge is 0.361 e. The first-order valence-electron chi connectivity index (χ1n) is 4.88. The van der Waals surface area contributed by atoms with Crippen molar-refractivity contribution < 1.29 is 0 Å². The van der Waals surface area contributed by atoms with Crippen LogP contribution in [0.2, 0.25) is 0 Å². The first kappa shape index (κ1) is 9.85. The Morgan fingerprint density at radius 1 is 1.23 bits per heavy atom. The molecule has 0 aromatic carbocycles. The lowest BCUT2D eigenvalue weighted by Gasteiger charge is -1.94. The first-order valence-corrected chi connectivity index (χ1v) is 4.88.